The fourth-order valence-electron chi connectivity index (χ4n) is 3.70. The van der Waals surface area contributed by atoms with Crippen LogP contribution in [0.2, 0.25) is 0 Å². The lowest BCUT2D eigenvalue weighted by atomic mass is 10.1. The number of nitrogens with one attached hydrogen (secondary N) is 1. The first-order chi connectivity index (χ1) is 16.0. The van der Waals surface area contributed by atoms with Crippen LogP contribution >= 0.6 is 23.1 Å². The van der Waals surface area contributed by atoms with Crippen LogP contribution in [0, 0.1) is 0 Å². The molecule has 9 heteroatoms. The molecule has 1 aliphatic rings. The summed E-state index contributed by atoms with van der Waals surface area (Å²) < 4.78 is 42.3. The van der Waals surface area contributed by atoms with Gasteiger partial charge in [0.05, 0.1) is 34.4 Å². The van der Waals surface area contributed by atoms with Crippen molar-refractivity contribution in [3.63, 3.8) is 0 Å². The van der Waals surface area contributed by atoms with E-state index in [0.29, 0.717) is 29.7 Å². The van der Waals surface area contributed by atoms with Crippen molar-refractivity contribution in [2.75, 3.05) is 19.5 Å². The van der Waals surface area contributed by atoms with Gasteiger partial charge in [-0.25, -0.2) is 13.4 Å². The molecule has 0 amide bonds. The van der Waals surface area contributed by atoms with E-state index in [9.17, 15) is 8.42 Å². The molecule has 0 radical (unpaired) electrons. The molecule has 0 saturated heterocycles. The summed E-state index contributed by atoms with van der Waals surface area (Å²) in [6.07, 6.45) is 2.73. The quantitative estimate of drug-likeness (QED) is 0.366. The summed E-state index contributed by atoms with van der Waals surface area (Å²) in [7, 11) is -3.89. The predicted octanol–water partition coefficient (Wildman–Crippen LogP) is 5.25. The van der Waals surface area contributed by atoms with Crippen LogP contribution in [-0.4, -0.2) is 32.9 Å². The van der Waals surface area contributed by atoms with Gasteiger partial charge in [-0.15, -0.1) is 23.1 Å². The average Bonchev–Trinajstić information content (AvgIpc) is 3.12. The Labute approximate surface area is 201 Å². The lowest BCUT2D eigenvalue weighted by Crippen LogP contribution is -2.29. The number of nitrogens with zero attached hydrogens (tertiary/aromatic N) is 1. The van der Waals surface area contributed by atoms with Crippen molar-refractivity contribution in [3.05, 3.63) is 77.3 Å². The van der Waals surface area contributed by atoms with Gasteiger partial charge in [-0.3, -0.25) is 0 Å². The molecule has 1 aliphatic heterocycles. The molecule has 1 atom stereocenters. The molecule has 1 aromatic heterocycles. The lowest BCUT2D eigenvalue weighted by molar-refractivity contribution is 0.297. The van der Waals surface area contributed by atoms with Crippen molar-refractivity contribution < 1.29 is 17.9 Å². The van der Waals surface area contributed by atoms with E-state index >= 15 is 0 Å². The smallest absolute Gasteiger partial charge is 0.241 e. The van der Waals surface area contributed by atoms with Gasteiger partial charge in [0, 0.05) is 17.4 Å². The number of thioether (sulfide) groups is 1. The number of rotatable bonds is 6. The van der Waals surface area contributed by atoms with E-state index in [0.717, 1.165) is 27.1 Å². The topological polar surface area (TPSA) is 77.5 Å². The van der Waals surface area contributed by atoms with E-state index < -0.39 is 16.1 Å². The van der Waals surface area contributed by atoms with Gasteiger partial charge in [-0.05, 0) is 42.2 Å². The number of benzene rings is 3. The summed E-state index contributed by atoms with van der Waals surface area (Å²) >= 11 is 3.06. The second kappa shape index (κ2) is 9.34. The largest absolute Gasteiger partial charge is 0.490 e. The summed E-state index contributed by atoms with van der Waals surface area (Å²) in [4.78, 5) is 5.88. The third-order valence-electron chi connectivity index (χ3n) is 5.31. The maximum atomic E-state index is 13.5. The molecule has 1 N–H and O–H groups in total. The standard InChI is InChI=1S/C24H22N2O4S3/c1-31-21-9-4-2-7-17(21)23(24-25-18-8-3-5-10-22(18)32-24)26-33(27,28)16-11-12-19-20(15-16)30-14-6-13-29-19/h2-5,7-12,15,23,26H,6,13-14H2,1H3/t23-/m1/s1. The number of hydrogen-bond donors (Lipinski definition) is 1. The number of sulfonamides is 1. The highest BCUT2D eigenvalue weighted by atomic mass is 32.2. The Hall–Kier alpha value is -2.59. The number of para-hydroxylation sites is 1. The van der Waals surface area contributed by atoms with Crippen LogP contribution in [0.25, 0.3) is 10.2 Å². The third-order valence-corrected chi connectivity index (χ3v) is 8.64. The SMILES string of the molecule is CSc1ccccc1[C@@H](NS(=O)(=O)c1ccc2c(c1)OCCCO2)c1nc2ccccc2s1. The number of ether oxygens (including phenoxy) is 2. The van der Waals surface area contributed by atoms with Crippen LogP contribution in [0.5, 0.6) is 11.5 Å². The fraction of sp³-hybridized carbons (Fsp3) is 0.208. The van der Waals surface area contributed by atoms with E-state index in [-0.39, 0.29) is 4.90 Å². The summed E-state index contributed by atoms with van der Waals surface area (Å²) in [5, 5.41) is 0.690. The van der Waals surface area contributed by atoms with Gasteiger partial charge in [0.25, 0.3) is 0 Å². The van der Waals surface area contributed by atoms with Gasteiger partial charge in [-0.2, -0.15) is 4.72 Å². The van der Waals surface area contributed by atoms with Crippen molar-refractivity contribution in [1.29, 1.82) is 0 Å². The van der Waals surface area contributed by atoms with Crippen molar-refractivity contribution in [3.8, 4) is 11.5 Å². The zero-order valence-corrected chi connectivity index (χ0v) is 20.3. The van der Waals surface area contributed by atoms with E-state index in [1.54, 1.807) is 23.9 Å². The summed E-state index contributed by atoms with van der Waals surface area (Å²) in [5.41, 5.74) is 1.71. The third kappa shape index (κ3) is 4.59. The van der Waals surface area contributed by atoms with Gasteiger partial charge >= 0.3 is 0 Å². The molecule has 4 aromatic rings. The maximum Gasteiger partial charge on any atom is 0.241 e. The second-order valence-electron chi connectivity index (χ2n) is 7.48. The Balaban J connectivity index is 1.57. The Morgan fingerprint density at radius 2 is 1.76 bits per heavy atom. The zero-order chi connectivity index (χ0) is 22.8. The molecule has 5 rings (SSSR count). The van der Waals surface area contributed by atoms with E-state index in [4.69, 9.17) is 14.5 Å². The predicted molar refractivity (Wildman–Crippen MR) is 132 cm³/mol. The van der Waals surface area contributed by atoms with Crippen molar-refractivity contribution in [2.45, 2.75) is 22.3 Å². The molecule has 0 unspecified atom stereocenters. The van der Waals surface area contributed by atoms with Crippen LogP contribution in [0.1, 0.15) is 23.0 Å². The summed E-state index contributed by atoms with van der Waals surface area (Å²) in [6.45, 7) is 1.03. The van der Waals surface area contributed by atoms with Crippen LogP contribution < -0.4 is 14.2 Å². The zero-order valence-electron chi connectivity index (χ0n) is 17.9. The minimum atomic E-state index is -3.89. The molecule has 0 bridgehead atoms. The van der Waals surface area contributed by atoms with Gasteiger partial charge in [0.1, 0.15) is 5.01 Å². The summed E-state index contributed by atoms with van der Waals surface area (Å²) in [5.74, 6) is 0.998. The minimum Gasteiger partial charge on any atom is -0.490 e. The van der Waals surface area contributed by atoms with Crippen molar-refractivity contribution in [2.24, 2.45) is 0 Å². The fourth-order valence-corrected chi connectivity index (χ4v) is 6.64. The van der Waals surface area contributed by atoms with Gasteiger partial charge in [0.2, 0.25) is 10.0 Å². The monoisotopic (exact) mass is 498 g/mol. The Morgan fingerprint density at radius 3 is 2.58 bits per heavy atom. The number of aromatic nitrogens is 1. The van der Waals surface area contributed by atoms with Crippen LogP contribution in [0.15, 0.2) is 76.5 Å². The minimum absolute atomic E-state index is 0.125. The van der Waals surface area contributed by atoms with Gasteiger partial charge in [0.15, 0.2) is 11.5 Å². The Kier molecular flexibility index (Phi) is 6.29. The van der Waals surface area contributed by atoms with Gasteiger partial charge in [-0.1, -0.05) is 30.3 Å². The second-order valence-corrected chi connectivity index (χ2v) is 11.1. The molecule has 0 fully saturated rings. The number of thiazole rings is 1. The average molecular weight is 499 g/mol. The van der Waals surface area contributed by atoms with Crippen LogP contribution in [0.4, 0.5) is 0 Å². The molecular formula is C24H22N2O4S3. The molecule has 33 heavy (non-hydrogen) atoms. The highest BCUT2D eigenvalue weighted by molar-refractivity contribution is 7.98. The molecular weight excluding hydrogens is 476 g/mol. The molecule has 2 heterocycles. The number of fused-ring (bicyclic) bond motifs is 2. The maximum absolute atomic E-state index is 13.5. The molecule has 0 saturated carbocycles. The number of hydrogen-bond acceptors (Lipinski definition) is 7. The summed E-state index contributed by atoms with van der Waals surface area (Å²) in [6, 6.07) is 19.7. The molecule has 0 spiro atoms. The Bertz CT molecular complexity index is 1370. The van der Waals surface area contributed by atoms with E-state index in [2.05, 4.69) is 4.72 Å². The lowest BCUT2D eigenvalue weighted by Gasteiger charge is -2.20. The van der Waals surface area contributed by atoms with E-state index in [1.807, 2.05) is 54.8 Å². The Morgan fingerprint density at radius 1 is 1.00 bits per heavy atom. The molecule has 0 aliphatic carbocycles. The first-order valence-electron chi connectivity index (χ1n) is 10.5. The molecule has 3 aromatic carbocycles. The highest BCUT2D eigenvalue weighted by Gasteiger charge is 2.28. The van der Waals surface area contributed by atoms with Crippen molar-refractivity contribution >= 4 is 43.3 Å². The first-order valence-corrected chi connectivity index (χ1v) is 14.0. The van der Waals surface area contributed by atoms with Crippen LogP contribution in [0.3, 0.4) is 0 Å². The molecule has 170 valence electrons. The highest BCUT2D eigenvalue weighted by Crippen LogP contribution is 2.37. The van der Waals surface area contributed by atoms with Crippen LogP contribution in [-0.2, 0) is 10.0 Å². The van der Waals surface area contributed by atoms with Crippen molar-refractivity contribution in [1.82, 2.24) is 9.71 Å². The normalized spacial score (nSPS) is 14.7. The van der Waals surface area contributed by atoms with E-state index in [1.165, 1.54) is 17.4 Å². The molecule has 6 nitrogen and oxygen atoms in total. The first kappa shape index (κ1) is 22.2. The van der Waals surface area contributed by atoms with Gasteiger partial charge < -0.3 is 9.47 Å².